The number of nitrogens with two attached hydrogens (primary N) is 1. The van der Waals surface area contributed by atoms with E-state index < -0.39 is 0 Å². The first-order valence-corrected chi connectivity index (χ1v) is 6.88. The van der Waals surface area contributed by atoms with Crippen molar-refractivity contribution in [1.29, 1.82) is 0 Å². The molecule has 0 aromatic carbocycles. The number of nitrogens with zero attached hydrogens (tertiary/aromatic N) is 3. The van der Waals surface area contributed by atoms with Crippen molar-refractivity contribution in [3.05, 3.63) is 22.8 Å². The molecule has 1 aliphatic heterocycles. The first-order chi connectivity index (χ1) is 8.29. The summed E-state index contributed by atoms with van der Waals surface area (Å²) in [6.07, 6.45) is 3.04. The average molecular weight is 299 g/mol. The van der Waals surface area contributed by atoms with E-state index in [0.29, 0.717) is 0 Å². The molecule has 0 spiro atoms. The zero-order chi connectivity index (χ0) is 12.1. The van der Waals surface area contributed by atoms with E-state index in [2.05, 4.69) is 36.8 Å². The van der Waals surface area contributed by atoms with Gasteiger partial charge in [-0.2, -0.15) is 0 Å². The van der Waals surface area contributed by atoms with Crippen LogP contribution >= 0.6 is 15.9 Å². The van der Waals surface area contributed by atoms with Crippen LogP contribution in [0.5, 0.6) is 0 Å². The lowest BCUT2D eigenvalue weighted by atomic mass is 10.3. The molecule has 1 aliphatic rings. The monoisotopic (exact) mass is 298 g/mol. The molecule has 0 bridgehead atoms. The molecule has 94 valence electrons. The lowest BCUT2D eigenvalue weighted by Crippen LogP contribution is -2.34. The minimum Gasteiger partial charge on any atom is -0.355 e. The van der Waals surface area contributed by atoms with Crippen LogP contribution in [0.15, 0.2) is 22.8 Å². The lowest BCUT2D eigenvalue weighted by Gasteiger charge is -2.22. The Bertz CT molecular complexity index is 341. The van der Waals surface area contributed by atoms with Gasteiger partial charge in [-0.3, -0.25) is 0 Å². The Hall–Kier alpha value is -0.650. The highest BCUT2D eigenvalue weighted by Crippen LogP contribution is 2.16. The van der Waals surface area contributed by atoms with Crippen molar-refractivity contribution >= 4 is 21.7 Å². The number of rotatable bonds is 3. The van der Waals surface area contributed by atoms with Crippen LogP contribution in [-0.4, -0.2) is 49.2 Å². The van der Waals surface area contributed by atoms with Crippen molar-refractivity contribution in [2.24, 2.45) is 5.73 Å². The maximum absolute atomic E-state index is 5.60. The Morgan fingerprint density at radius 2 is 2.12 bits per heavy atom. The third kappa shape index (κ3) is 3.66. The molecule has 2 rings (SSSR count). The molecule has 0 aliphatic carbocycles. The third-order valence-electron chi connectivity index (χ3n) is 3.07. The number of hydrogen-bond donors (Lipinski definition) is 1. The molecule has 0 unspecified atom stereocenters. The van der Waals surface area contributed by atoms with Crippen molar-refractivity contribution in [1.82, 2.24) is 9.88 Å². The molecular formula is C12H19BrN4. The van der Waals surface area contributed by atoms with Gasteiger partial charge in [-0.15, -0.1) is 0 Å². The average Bonchev–Trinajstić information content (AvgIpc) is 2.56. The van der Waals surface area contributed by atoms with E-state index in [1.54, 1.807) is 0 Å². The summed E-state index contributed by atoms with van der Waals surface area (Å²) >= 11 is 3.41. The zero-order valence-electron chi connectivity index (χ0n) is 9.98. The summed E-state index contributed by atoms with van der Waals surface area (Å²) < 4.78 is 1.03. The van der Waals surface area contributed by atoms with E-state index in [9.17, 15) is 0 Å². The number of aromatic nitrogens is 1. The van der Waals surface area contributed by atoms with E-state index in [1.807, 2.05) is 12.3 Å². The van der Waals surface area contributed by atoms with Crippen LogP contribution in [0.25, 0.3) is 0 Å². The SMILES string of the molecule is NCCN1CCCN(c2ccc(Br)cn2)CC1. The molecule has 1 saturated heterocycles. The number of hydrogen-bond acceptors (Lipinski definition) is 4. The fraction of sp³-hybridized carbons (Fsp3) is 0.583. The second kappa shape index (κ2) is 6.33. The minimum atomic E-state index is 0.747. The first kappa shape index (κ1) is 12.8. The quantitative estimate of drug-likeness (QED) is 0.914. The molecule has 5 heteroatoms. The smallest absolute Gasteiger partial charge is 0.128 e. The summed E-state index contributed by atoms with van der Waals surface area (Å²) in [5, 5.41) is 0. The van der Waals surface area contributed by atoms with E-state index in [1.165, 1.54) is 6.42 Å². The number of halogens is 1. The molecular weight excluding hydrogens is 280 g/mol. The standard InChI is InChI=1S/C12H19BrN4/c13-11-2-3-12(15-10-11)17-6-1-5-16(7-4-14)8-9-17/h2-3,10H,1,4-9,14H2. The van der Waals surface area contributed by atoms with Gasteiger partial charge >= 0.3 is 0 Å². The maximum Gasteiger partial charge on any atom is 0.128 e. The van der Waals surface area contributed by atoms with Crippen LogP contribution in [0.4, 0.5) is 5.82 Å². The molecule has 0 radical (unpaired) electrons. The summed E-state index contributed by atoms with van der Waals surface area (Å²) in [7, 11) is 0. The van der Waals surface area contributed by atoms with Crippen LogP contribution in [0.1, 0.15) is 6.42 Å². The van der Waals surface area contributed by atoms with Crippen LogP contribution < -0.4 is 10.6 Å². The molecule has 4 nitrogen and oxygen atoms in total. The van der Waals surface area contributed by atoms with E-state index in [4.69, 9.17) is 5.73 Å². The lowest BCUT2D eigenvalue weighted by molar-refractivity contribution is 0.302. The first-order valence-electron chi connectivity index (χ1n) is 6.08. The van der Waals surface area contributed by atoms with Crippen LogP contribution in [0.2, 0.25) is 0 Å². The second-order valence-electron chi connectivity index (χ2n) is 4.31. The molecule has 1 aromatic rings. The van der Waals surface area contributed by atoms with Gasteiger partial charge in [0.1, 0.15) is 5.82 Å². The van der Waals surface area contributed by atoms with Gasteiger partial charge in [-0.25, -0.2) is 4.98 Å². The normalized spacial score (nSPS) is 18.1. The molecule has 0 atom stereocenters. The van der Waals surface area contributed by atoms with E-state index in [-0.39, 0.29) is 0 Å². The topological polar surface area (TPSA) is 45.4 Å². The van der Waals surface area contributed by atoms with Crippen molar-refractivity contribution in [3.8, 4) is 0 Å². The van der Waals surface area contributed by atoms with Gasteiger partial charge < -0.3 is 15.5 Å². The molecule has 0 saturated carbocycles. The predicted molar refractivity (Wildman–Crippen MR) is 74.3 cm³/mol. The molecule has 0 amide bonds. The van der Waals surface area contributed by atoms with E-state index in [0.717, 1.165) is 49.6 Å². The van der Waals surface area contributed by atoms with Crippen molar-refractivity contribution in [2.75, 3.05) is 44.2 Å². The maximum atomic E-state index is 5.60. The van der Waals surface area contributed by atoms with Crippen molar-refractivity contribution in [3.63, 3.8) is 0 Å². The summed E-state index contributed by atoms with van der Waals surface area (Å²) in [5.41, 5.74) is 5.60. The highest BCUT2D eigenvalue weighted by Gasteiger charge is 2.15. The van der Waals surface area contributed by atoms with Gasteiger partial charge in [0, 0.05) is 43.4 Å². The van der Waals surface area contributed by atoms with Gasteiger partial charge in [0.2, 0.25) is 0 Å². The fourth-order valence-corrected chi connectivity index (χ4v) is 2.40. The largest absolute Gasteiger partial charge is 0.355 e. The van der Waals surface area contributed by atoms with E-state index >= 15 is 0 Å². The fourth-order valence-electron chi connectivity index (χ4n) is 2.16. The molecule has 2 N–H and O–H groups in total. The van der Waals surface area contributed by atoms with Gasteiger partial charge in [0.15, 0.2) is 0 Å². The summed E-state index contributed by atoms with van der Waals surface area (Å²) in [6, 6.07) is 4.12. The summed E-state index contributed by atoms with van der Waals surface area (Å²) in [4.78, 5) is 9.23. The molecule has 2 heterocycles. The molecule has 17 heavy (non-hydrogen) atoms. The predicted octanol–water partition coefficient (Wildman–Crippen LogP) is 1.31. The molecule has 1 aromatic heterocycles. The van der Waals surface area contributed by atoms with Gasteiger partial charge in [-0.05, 0) is 41.0 Å². The minimum absolute atomic E-state index is 0.747. The Labute approximate surface area is 111 Å². The number of pyridine rings is 1. The zero-order valence-corrected chi connectivity index (χ0v) is 11.6. The molecule has 1 fully saturated rings. The van der Waals surface area contributed by atoms with Gasteiger partial charge in [0.05, 0.1) is 0 Å². The van der Waals surface area contributed by atoms with Crippen LogP contribution in [0, 0.1) is 0 Å². The Kier molecular flexibility index (Phi) is 4.76. The highest BCUT2D eigenvalue weighted by atomic mass is 79.9. The Balaban J connectivity index is 1.96. The van der Waals surface area contributed by atoms with Crippen molar-refractivity contribution in [2.45, 2.75) is 6.42 Å². The number of anilines is 1. The van der Waals surface area contributed by atoms with Crippen molar-refractivity contribution < 1.29 is 0 Å². The van der Waals surface area contributed by atoms with Gasteiger partial charge in [0.25, 0.3) is 0 Å². The van der Waals surface area contributed by atoms with Gasteiger partial charge in [-0.1, -0.05) is 0 Å². The van der Waals surface area contributed by atoms with Crippen LogP contribution in [-0.2, 0) is 0 Å². The summed E-state index contributed by atoms with van der Waals surface area (Å²) in [5.74, 6) is 1.07. The second-order valence-corrected chi connectivity index (χ2v) is 5.22. The highest BCUT2D eigenvalue weighted by molar-refractivity contribution is 9.10. The third-order valence-corrected chi connectivity index (χ3v) is 3.54. The van der Waals surface area contributed by atoms with Crippen LogP contribution in [0.3, 0.4) is 0 Å². The Morgan fingerprint density at radius 1 is 1.24 bits per heavy atom. The summed E-state index contributed by atoms with van der Waals surface area (Å²) in [6.45, 7) is 6.08. The Morgan fingerprint density at radius 3 is 2.82 bits per heavy atom.